The number of hydrogen-bond acceptors (Lipinski definition) is 2. The molecule has 0 radical (unpaired) electrons. The second kappa shape index (κ2) is 6.46. The second-order valence-electron chi connectivity index (χ2n) is 6.18. The average molecular weight is 282 g/mol. The Morgan fingerprint density at radius 3 is 2.25 bits per heavy atom. The van der Waals surface area contributed by atoms with E-state index in [1.165, 1.54) is 0 Å². The maximum Gasteiger partial charge on any atom is 0.317 e. The highest BCUT2D eigenvalue weighted by molar-refractivity contribution is 5.78. The first-order valence-corrected chi connectivity index (χ1v) is 7.87. The van der Waals surface area contributed by atoms with Crippen molar-refractivity contribution in [1.82, 2.24) is 10.2 Å². The number of rotatable bonds is 5. The summed E-state index contributed by atoms with van der Waals surface area (Å²) >= 11 is 0. The first kappa shape index (κ1) is 15.1. The fourth-order valence-corrected chi connectivity index (χ4v) is 3.17. The summed E-state index contributed by atoms with van der Waals surface area (Å²) in [5, 5.41) is 12.5. The van der Waals surface area contributed by atoms with E-state index in [1.54, 1.807) is 0 Å². The number of carboxylic acids is 1. The van der Waals surface area contributed by atoms with Crippen molar-refractivity contribution in [2.75, 3.05) is 13.1 Å². The third kappa shape index (κ3) is 3.44. The number of carbonyl (C=O) groups is 2. The molecule has 2 aliphatic rings. The normalized spacial score (nSPS) is 21.9. The summed E-state index contributed by atoms with van der Waals surface area (Å²) in [5.74, 6) is -0.755. The number of hydrogen-bond donors (Lipinski definition) is 2. The van der Waals surface area contributed by atoms with Crippen LogP contribution in [-0.4, -0.2) is 41.1 Å². The number of nitrogens with zero attached hydrogens (tertiary/aromatic N) is 1. The van der Waals surface area contributed by atoms with Gasteiger partial charge in [-0.2, -0.15) is 0 Å². The predicted octanol–water partition coefficient (Wildman–Crippen LogP) is 2.61. The Hall–Kier alpha value is -1.26. The highest BCUT2D eigenvalue weighted by Crippen LogP contribution is 2.35. The van der Waals surface area contributed by atoms with Crippen LogP contribution in [-0.2, 0) is 4.79 Å². The van der Waals surface area contributed by atoms with Gasteiger partial charge < -0.3 is 15.3 Å². The lowest BCUT2D eigenvalue weighted by Gasteiger charge is -2.30. The number of carboxylic acid groups (broad SMARTS) is 1. The Labute approximate surface area is 120 Å². The molecule has 0 heterocycles. The lowest BCUT2D eigenvalue weighted by molar-refractivity contribution is -0.149. The molecule has 0 unspecified atom stereocenters. The fourth-order valence-electron chi connectivity index (χ4n) is 3.17. The summed E-state index contributed by atoms with van der Waals surface area (Å²) in [6.45, 7) is 2.93. The van der Waals surface area contributed by atoms with Crippen LogP contribution in [0.25, 0.3) is 0 Å². The molecule has 2 fully saturated rings. The SMILES string of the molecule is CCN(C(=O)NCC1(C(=O)O)CCCCCC1)C1CC1. The minimum Gasteiger partial charge on any atom is -0.481 e. The number of urea groups is 1. The Morgan fingerprint density at radius 2 is 1.80 bits per heavy atom. The molecule has 0 saturated heterocycles. The van der Waals surface area contributed by atoms with Crippen molar-refractivity contribution >= 4 is 12.0 Å². The van der Waals surface area contributed by atoms with Gasteiger partial charge in [-0.1, -0.05) is 25.7 Å². The molecule has 2 saturated carbocycles. The van der Waals surface area contributed by atoms with Crippen molar-refractivity contribution < 1.29 is 14.7 Å². The van der Waals surface area contributed by atoms with Gasteiger partial charge >= 0.3 is 12.0 Å². The number of carbonyl (C=O) groups excluding carboxylic acids is 1. The smallest absolute Gasteiger partial charge is 0.317 e. The maximum atomic E-state index is 12.2. The monoisotopic (exact) mass is 282 g/mol. The Morgan fingerprint density at radius 1 is 1.20 bits per heavy atom. The molecule has 0 atom stereocenters. The van der Waals surface area contributed by atoms with E-state index in [1.807, 2.05) is 11.8 Å². The average Bonchev–Trinajstić information content (AvgIpc) is 3.24. The number of amides is 2. The van der Waals surface area contributed by atoms with E-state index in [2.05, 4.69) is 5.32 Å². The van der Waals surface area contributed by atoms with Crippen LogP contribution in [0.2, 0.25) is 0 Å². The maximum absolute atomic E-state index is 12.2. The minimum absolute atomic E-state index is 0.0973. The van der Waals surface area contributed by atoms with Crippen LogP contribution >= 0.6 is 0 Å². The zero-order valence-corrected chi connectivity index (χ0v) is 12.4. The van der Waals surface area contributed by atoms with Crippen LogP contribution in [0, 0.1) is 5.41 Å². The Kier molecular flexibility index (Phi) is 4.89. The van der Waals surface area contributed by atoms with Crippen molar-refractivity contribution in [3.05, 3.63) is 0 Å². The highest BCUT2D eigenvalue weighted by Gasteiger charge is 2.40. The third-order valence-corrected chi connectivity index (χ3v) is 4.68. The highest BCUT2D eigenvalue weighted by atomic mass is 16.4. The van der Waals surface area contributed by atoms with Gasteiger partial charge in [0.15, 0.2) is 0 Å². The first-order valence-electron chi connectivity index (χ1n) is 7.87. The van der Waals surface area contributed by atoms with Gasteiger partial charge in [-0.25, -0.2) is 4.79 Å². The molecule has 0 aliphatic heterocycles. The quantitative estimate of drug-likeness (QED) is 0.761. The Balaban J connectivity index is 1.94. The van der Waals surface area contributed by atoms with Crippen LogP contribution in [0.5, 0.6) is 0 Å². The van der Waals surface area contributed by atoms with Crippen molar-refractivity contribution in [3.63, 3.8) is 0 Å². The van der Waals surface area contributed by atoms with Crippen LogP contribution in [0.4, 0.5) is 4.79 Å². The topological polar surface area (TPSA) is 69.6 Å². The zero-order valence-electron chi connectivity index (χ0n) is 12.4. The first-order chi connectivity index (χ1) is 9.59. The van der Waals surface area contributed by atoms with Crippen LogP contribution in [0.3, 0.4) is 0 Å². The second-order valence-corrected chi connectivity index (χ2v) is 6.18. The van der Waals surface area contributed by atoms with Gasteiger partial charge in [-0.3, -0.25) is 4.79 Å². The van der Waals surface area contributed by atoms with Crippen molar-refractivity contribution in [2.24, 2.45) is 5.41 Å². The summed E-state index contributed by atoms with van der Waals surface area (Å²) in [6.07, 6.45) is 7.61. The van der Waals surface area contributed by atoms with Crippen LogP contribution < -0.4 is 5.32 Å². The molecule has 114 valence electrons. The van der Waals surface area contributed by atoms with Gasteiger partial charge in [-0.05, 0) is 32.6 Å². The van der Waals surface area contributed by atoms with E-state index in [0.29, 0.717) is 25.4 Å². The number of aliphatic carboxylic acids is 1. The van der Waals surface area contributed by atoms with E-state index in [-0.39, 0.29) is 12.6 Å². The molecule has 2 rings (SSSR count). The van der Waals surface area contributed by atoms with E-state index in [0.717, 1.165) is 38.5 Å². The van der Waals surface area contributed by atoms with Crippen molar-refractivity contribution in [1.29, 1.82) is 0 Å². The summed E-state index contributed by atoms with van der Waals surface area (Å²) in [4.78, 5) is 25.7. The lowest BCUT2D eigenvalue weighted by atomic mass is 9.80. The van der Waals surface area contributed by atoms with E-state index < -0.39 is 11.4 Å². The molecule has 0 spiro atoms. The van der Waals surface area contributed by atoms with Crippen molar-refractivity contribution in [3.8, 4) is 0 Å². The van der Waals surface area contributed by atoms with E-state index in [4.69, 9.17) is 0 Å². The molecular formula is C15H26N2O3. The van der Waals surface area contributed by atoms with E-state index >= 15 is 0 Å². The zero-order chi connectivity index (χ0) is 14.6. The molecule has 0 aromatic rings. The summed E-state index contributed by atoms with van der Waals surface area (Å²) in [7, 11) is 0. The van der Waals surface area contributed by atoms with Gasteiger partial charge in [0, 0.05) is 19.1 Å². The molecule has 5 nitrogen and oxygen atoms in total. The van der Waals surface area contributed by atoms with Crippen molar-refractivity contribution in [2.45, 2.75) is 64.3 Å². The summed E-state index contributed by atoms with van der Waals surface area (Å²) in [6, 6.07) is 0.273. The summed E-state index contributed by atoms with van der Waals surface area (Å²) < 4.78 is 0. The molecule has 0 aromatic heterocycles. The Bertz CT molecular complexity index is 358. The molecule has 2 amide bonds. The third-order valence-electron chi connectivity index (χ3n) is 4.68. The molecule has 2 N–H and O–H groups in total. The standard InChI is InChI=1S/C15H26N2O3/c1-2-17(12-7-8-12)14(20)16-11-15(13(18)19)9-5-3-4-6-10-15/h12H,2-11H2,1H3,(H,16,20)(H,18,19). The molecular weight excluding hydrogens is 256 g/mol. The molecule has 2 aliphatic carbocycles. The van der Waals surface area contributed by atoms with Crippen LogP contribution in [0.1, 0.15) is 58.3 Å². The van der Waals surface area contributed by atoms with E-state index in [9.17, 15) is 14.7 Å². The fraction of sp³-hybridized carbons (Fsp3) is 0.867. The number of nitrogens with one attached hydrogen (secondary N) is 1. The van der Waals surface area contributed by atoms with Gasteiger partial charge in [0.1, 0.15) is 0 Å². The largest absolute Gasteiger partial charge is 0.481 e. The van der Waals surface area contributed by atoms with Gasteiger partial charge in [0.05, 0.1) is 5.41 Å². The van der Waals surface area contributed by atoms with Crippen LogP contribution in [0.15, 0.2) is 0 Å². The predicted molar refractivity (Wildman–Crippen MR) is 76.6 cm³/mol. The van der Waals surface area contributed by atoms with Gasteiger partial charge in [-0.15, -0.1) is 0 Å². The molecule has 0 aromatic carbocycles. The molecule has 5 heteroatoms. The summed E-state index contributed by atoms with van der Waals surface area (Å²) in [5.41, 5.74) is -0.755. The minimum atomic E-state index is -0.755. The van der Waals surface area contributed by atoms with Gasteiger partial charge in [0.25, 0.3) is 0 Å². The van der Waals surface area contributed by atoms with Gasteiger partial charge in [0.2, 0.25) is 0 Å². The molecule has 0 bridgehead atoms. The lowest BCUT2D eigenvalue weighted by Crippen LogP contribution is -2.48. The molecule has 20 heavy (non-hydrogen) atoms.